The van der Waals surface area contributed by atoms with Gasteiger partial charge in [-0.2, -0.15) is 0 Å². The van der Waals surface area contributed by atoms with Gasteiger partial charge in [-0.1, -0.05) is 6.92 Å². The minimum absolute atomic E-state index is 0.119. The number of carbonyl (C=O) groups excluding carboxylic acids is 1. The molecule has 1 aromatic rings. The molecule has 1 aromatic heterocycles. The molecule has 0 saturated carbocycles. The maximum absolute atomic E-state index is 12.7. The van der Waals surface area contributed by atoms with Gasteiger partial charge in [0.05, 0.1) is 18.1 Å². The van der Waals surface area contributed by atoms with E-state index >= 15 is 0 Å². The molecule has 0 N–H and O–H groups in total. The molecule has 1 aliphatic rings. The van der Waals surface area contributed by atoms with Gasteiger partial charge in [-0.05, 0) is 30.4 Å². The van der Waals surface area contributed by atoms with E-state index in [1.807, 2.05) is 25.3 Å². The van der Waals surface area contributed by atoms with Crippen molar-refractivity contribution < 1.29 is 9.53 Å². The Morgan fingerprint density at radius 2 is 2.22 bits per heavy atom. The molecule has 0 aromatic carbocycles. The largest absolute Gasteiger partial charge is 0.379 e. The van der Waals surface area contributed by atoms with Gasteiger partial charge in [-0.15, -0.1) is 24.0 Å². The van der Waals surface area contributed by atoms with Crippen LogP contribution in [-0.2, 0) is 4.74 Å². The van der Waals surface area contributed by atoms with Crippen molar-refractivity contribution in [1.82, 2.24) is 4.90 Å². The van der Waals surface area contributed by atoms with Crippen molar-refractivity contribution in [2.75, 3.05) is 26.3 Å². The lowest BCUT2D eigenvalue weighted by molar-refractivity contribution is 0.00953. The van der Waals surface area contributed by atoms with Crippen LogP contribution in [0.25, 0.3) is 0 Å². The normalized spacial score (nSPS) is 20.6. The highest BCUT2D eigenvalue weighted by Crippen LogP contribution is 2.31. The van der Waals surface area contributed by atoms with Gasteiger partial charge in [0.25, 0.3) is 0 Å². The zero-order valence-electron chi connectivity index (χ0n) is 10.8. The minimum atomic E-state index is -0.693. The Balaban J connectivity index is 2.22. The number of carbonyl (C=O) groups is 1. The molecule has 1 aliphatic heterocycles. The average Bonchev–Trinajstić information content (AvgIpc) is 2.84. The molecule has 18 heavy (non-hydrogen) atoms. The maximum atomic E-state index is 12.7. The fourth-order valence-corrected chi connectivity index (χ4v) is 3.52. The molecule has 1 atom stereocenters. The Bertz CT molecular complexity index is 426. The standard InChI is InChI=1S/C13H19NO2S2/c1-3-13(17,14-4-6-16-7-5-14)12(15)11-8-10(2)9-18-11/h8-9,17H,3-7H2,1-2H3. The molecule has 1 saturated heterocycles. The third-order valence-electron chi connectivity index (χ3n) is 3.35. The van der Waals surface area contributed by atoms with Crippen LogP contribution < -0.4 is 0 Å². The van der Waals surface area contributed by atoms with Gasteiger partial charge in [0.2, 0.25) is 5.78 Å². The van der Waals surface area contributed by atoms with Gasteiger partial charge in [0.15, 0.2) is 0 Å². The predicted molar refractivity (Wildman–Crippen MR) is 77.8 cm³/mol. The Hall–Kier alpha value is -0.360. The lowest BCUT2D eigenvalue weighted by Gasteiger charge is -2.40. The topological polar surface area (TPSA) is 29.5 Å². The molecule has 3 nitrogen and oxygen atoms in total. The number of aryl methyl sites for hydroxylation is 1. The number of hydrogen-bond donors (Lipinski definition) is 1. The smallest absolute Gasteiger partial charge is 0.202 e. The van der Waals surface area contributed by atoms with E-state index in [-0.39, 0.29) is 5.78 Å². The summed E-state index contributed by atoms with van der Waals surface area (Å²) in [5.41, 5.74) is 1.14. The third kappa shape index (κ3) is 2.64. The highest BCUT2D eigenvalue weighted by Gasteiger charge is 2.40. The Morgan fingerprint density at radius 3 is 2.72 bits per heavy atom. The van der Waals surface area contributed by atoms with Crippen molar-refractivity contribution in [2.45, 2.75) is 25.1 Å². The number of nitrogens with zero attached hydrogens (tertiary/aromatic N) is 1. The summed E-state index contributed by atoms with van der Waals surface area (Å²) in [6.07, 6.45) is 0.700. The van der Waals surface area contributed by atoms with Crippen molar-refractivity contribution >= 4 is 29.7 Å². The van der Waals surface area contributed by atoms with Crippen LogP contribution in [0.15, 0.2) is 11.4 Å². The monoisotopic (exact) mass is 285 g/mol. The van der Waals surface area contributed by atoms with Crippen LogP contribution in [0.3, 0.4) is 0 Å². The lowest BCUT2D eigenvalue weighted by atomic mass is 10.0. The minimum Gasteiger partial charge on any atom is -0.379 e. The first kappa shape index (κ1) is 14.1. The van der Waals surface area contributed by atoms with E-state index in [2.05, 4.69) is 4.90 Å². The van der Waals surface area contributed by atoms with Crippen molar-refractivity contribution in [2.24, 2.45) is 0 Å². The second-order valence-corrected chi connectivity index (χ2v) is 6.24. The molecule has 1 fully saturated rings. The molecule has 0 radical (unpaired) electrons. The second kappa shape index (κ2) is 5.74. The summed E-state index contributed by atoms with van der Waals surface area (Å²) >= 11 is 6.21. The van der Waals surface area contributed by atoms with Gasteiger partial charge < -0.3 is 4.74 Å². The van der Waals surface area contributed by atoms with Crippen LogP contribution in [0.4, 0.5) is 0 Å². The molecule has 5 heteroatoms. The van der Waals surface area contributed by atoms with Crippen LogP contribution in [-0.4, -0.2) is 41.9 Å². The Labute approximate surface area is 118 Å². The number of morpholine rings is 1. The summed E-state index contributed by atoms with van der Waals surface area (Å²) in [5, 5.41) is 2.01. The first-order valence-electron chi connectivity index (χ1n) is 6.23. The molecule has 0 spiro atoms. The van der Waals surface area contributed by atoms with E-state index < -0.39 is 4.87 Å². The Kier molecular flexibility index (Phi) is 4.48. The fourth-order valence-electron chi connectivity index (χ4n) is 2.21. The lowest BCUT2D eigenvalue weighted by Crippen LogP contribution is -2.54. The summed E-state index contributed by atoms with van der Waals surface area (Å²) in [4.78, 5) is 14.9. The quantitative estimate of drug-likeness (QED) is 0.681. The molecular formula is C13H19NO2S2. The van der Waals surface area contributed by atoms with Crippen molar-refractivity contribution in [3.63, 3.8) is 0 Å². The predicted octanol–water partition coefficient (Wildman–Crippen LogP) is 2.61. The molecule has 0 aliphatic carbocycles. The number of Topliss-reactive ketones (excluding diaryl/α,β-unsaturated/α-hetero) is 1. The summed E-state index contributed by atoms with van der Waals surface area (Å²) < 4.78 is 5.34. The van der Waals surface area contributed by atoms with Crippen LogP contribution in [0, 0.1) is 6.92 Å². The van der Waals surface area contributed by atoms with Crippen LogP contribution >= 0.6 is 24.0 Å². The van der Waals surface area contributed by atoms with Crippen LogP contribution in [0.1, 0.15) is 28.6 Å². The van der Waals surface area contributed by atoms with Gasteiger partial charge in [0.1, 0.15) is 4.87 Å². The van der Waals surface area contributed by atoms with E-state index in [9.17, 15) is 4.79 Å². The van der Waals surface area contributed by atoms with Gasteiger partial charge >= 0.3 is 0 Å². The highest BCUT2D eigenvalue weighted by molar-refractivity contribution is 7.82. The summed E-state index contributed by atoms with van der Waals surface area (Å²) in [6.45, 7) is 6.92. The SMILES string of the molecule is CCC(S)(C(=O)c1cc(C)cs1)N1CCOCC1. The van der Waals surface area contributed by atoms with Gasteiger partial charge in [0, 0.05) is 13.1 Å². The van der Waals surface area contributed by atoms with Gasteiger partial charge in [-0.3, -0.25) is 9.69 Å². The number of rotatable bonds is 4. The van der Waals surface area contributed by atoms with E-state index in [1.54, 1.807) is 0 Å². The highest BCUT2D eigenvalue weighted by atomic mass is 32.1. The molecule has 0 amide bonds. The number of hydrogen-bond acceptors (Lipinski definition) is 5. The molecule has 100 valence electrons. The van der Waals surface area contributed by atoms with E-state index in [0.29, 0.717) is 19.6 Å². The fraction of sp³-hybridized carbons (Fsp3) is 0.615. The first-order valence-corrected chi connectivity index (χ1v) is 7.55. The van der Waals surface area contributed by atoms with E-state index in [1.165, 1.54) is 11.3 Å². The van der Waals surface area contributed by atoms with E-state index in [4.69, 9.17) is 17.4 Å². The maximum Gasteiger partial charge on any atom is 0.202 e. The van der Waals surface area contributed by atoms with Crippen molar-refractivity contribution in [1.29, 1.82) is 0 Å². The Morgan fingerprint density at radius 1 is 1.56 bits per heavy atom. The summed E-state index contributed by atoms with van der Waals surface area (Å²) in [6, 6.07) is 1.95. The number of ether oxygens (including phenoxy) is 1. The van der Waals surface area contributed by atoms with Crippen LogP contribution in [0.2, 0.25) is 0 Å². The van der Waals surface area contributed by atoms with E-state index in [0.717, 1.165) is 23.5 Å². The molecule has 2 rings (SSSR count). The third-order valence-corrected chi connectivity index (χ3v) is 5.19. The van der Waals surface area contributed by atoms with Crippen molar-refractivity contribution in [3.05, 3.63) is 21.9 Å². The molecule has 1 unspecified atom stereocenters. The van der Waals surface area contributed by atoms with Crippen LogP contribution in [0.5, 0.6) is 0 Å². The second-order valence-electron chi connectivity index (χ2n) is 4.59. The average molecular weight is 285 g/mol. The summed E-state index contributed by atoms with van der Waals surface area (Å²) in [7, 11) is 0. The van der Waals surface area contributed by atoms with Gasteiger partial charge in [-0.25, -0.2) is 0 Å². The number of thiophene rings is 1. The number of ketones is 1. The zero-order valence-corrected chi connectivity index (χ0v) is 12.5. The van der Waals surface area contributed by atoms with Crippen molar-refractivity contribution in [3.8, 4) is 0 Å². The molecule has 0 bridgehead atoms. The molecular weight excluding hydrogens is 266 g/mol. The number of thiol groups is 1. The molecule has 2 heterocycles. The zero-order chi connectivity index (χ0) is 13.2. The first-order chi connectivity index (χ1) is 8.58. The summed E-state index contributed by atoms with van der Waals surface area (Å²) in [5.74, 6) is 0.119.